The predicted molar refractivity (Wildman–Crippen MR) is 44.4 cm³/mol. The van der Waals surface area contributed by atoms with Gasteiger partial charge in [0, 0.05) is 23.8 Å². The molecule has 0 heterocycles. The van der Waals surface area contributed by atoms with Gasteiger partial charge in [0.25, 0.3) is 7.82 Å². The Kier molecular flexibility index (Phi) is 38.8. The maximum absolute atomic E-state index is 10.2. The maximum atomic E-state index is 10.2. The zero-order chi connectivity index (χ0) is 14.9. The van der Waals surface area contributed by atoms with E-state index in [1.807, 2.05) is 0 Å². The molecular weight excluding hydrogens is 367 g/mol. The molecule has 10 nitrogen and oxygen atoms in total. The second-order valence-electron chi connectivity index (χ2n) is 2.99. The molecule has 0 bridgehead atoms. The number of hydrogen-bond acceptors (Lipinski definition) is 8. The van der Waals surface area contributed by atoms with Crippen LogP contribution in [0.25, 0.3) is 0 Å². The second kappa shape index (κ2) is 21.6. The number of phosphoric acid groups is 1. The van der Waals surface area contributed by atoms with Gasteiger partial charge in [-0.15, -0.1) is 0 Å². The molecule has 0 spiro atoms. The van der Waals surface area contributed by atoms with Gasteiger partial charge in [0.1, 0.15) is 0 Å². The summed E-state index contributed by atoms with van der Waals surface area (Å²) in [5, 5.41) is 30.2. The van der Waals surface area contributed by atoms with Gasteiger partial charge in [0.15, 0.2) is 0 Å². The molecule has 1 unspecified atom stereocenters. The Balaban J connectivity index is -0.0000000627. The zero-order valence-corrected chi connectivity index (χ0v) is 21.7. The number of hydrogen-bond donors (Lipinski definition) is 2. The molecule has 22 heavy (non-hydrogen) atoms. The summed E-state index contributed by atoms with van der Waals surface area (Å²) < 4.78 is 8.77. The normalized spacial score (nSPS) is 9.77. The minimum Gasteiger partial charge on any atom is -0.756 e. The fraction of sp³-hybridized carbons (Fsp3) is 0.571. The van der Waals surface area contributed by atoms with E-state index in [-0.39, 0.29) is 125 Å². The van der Waals surface area contributed by atoms with Gasteiger partial charge in [-0.3, -0.25) is 4.57 Å². The first-order chi connectivity index (χ1) is 7.93. The number of rotatable bonds is 6. The summed E-state index contributed by atoms with van der Waals surface area (Å²) in [6.07, 6.45) is -1.57. The molecule has 1 atom stereocenters. The molecule has 0 aliphatic heterocycles. The first-order valence-electron chi connectivity index (χ1n) is 4.30. The van der Waals surface area contributed by atoms with Crippen LogP contribution in [0.2, 0.25) is 0 Å². The molecule has 0 aliphatic rings. The largest absolute Gasteiger partial charge is 1.00 e. The van der Waals surface area contributed by atoms with Gasteiger partial charge in [-0.2, -0.15) is 0 Å². The van der Waals surface area contributed by atoms with Crippen molar-refractivity contribution < 1.29 is 167 Å². The summed E-state index contributed by atoms with van der Waals surface area (Å²) in [7, 11) is -4.89. The van der Waals surface area contributed by atoms with Gasteiger partial charge in [0.2, 0.25) is 0 Å². The summed E-state index contributed by atoms with van der Waals surface area (Å²) in [5.41, 5.74) is 0. The zero-order valence-electron chi connectivity index (χ0n) is 12.8. The third-order valence-electron chi connectivity index (χ3n) is 1.44. The van der Waals surface area contributed by atoms with Crippen molar-refractivity contribution in [3.05, 3.63) is 0 Å². The summed E-state index contributed by atoms with van der Waals surface area (Å²) >= 11 is 0. The third kappa shape index (κ3) is 43.3. The third-order valence-corrected chi connectivity index (χ3v) is 1.44. The molecule has 0 aromatic carbocycles. The van der Waals surface area contributed by atoms with E-state index in [0.717, 1.165) is 0 Å². The van der Waals surface area contributed by atoms with Crippen molar-refractivity contribution in [2.24, 2.45) is 5.92 Å². The van der Waals surface area contributed by atoms with E-state index in [4.69, 9.17) is 19.2 Å². The second-order valence-corrected chi connectivity index (χ2v) is 3.97. The average molecular weight is 376 g/mol. The van der Waals surface area contributed by atoms with Crippen LogP contribution < -0.4 is 138 Å². The Morgan fingerprint density at radius 3 is 1.41 bits per heavy atom. The van der Waals surface area contributed by atoms with Crippen LogP contribution in [-0.4, -0.2) is 27.7 Å². The van der Waals surface area contributed by atoms with Crippen LogP contribution in [0.5, 0.6) is 0 Å². The number of carbonyl (C=O) groups is 3. The van der Waals surface area contributed by atoms with Gasteiger partial charge in [-0.05, 0) is 19.3 Å². The first kappa shape index (κ1) is 39.5. The fourth-order valence-corrected chi connectivity index (χ4v) is 0.797. The molecule has 0 radical (unpaired) electrons. The standard InChI is InChI=1S/C7H10O6.4Na.H3O4P/c8-5(9)2-1-4(7(12)13)3-6(10)11;;;;;1-5(2,3)4/h4H,1-3H2,(H,8,9)(H,10,11)(H,12,13);;;;;(H3,1,2,3,4)/q;4*+1;/p-4. The molecule has 15 heteroatoms. The van der Waals surface area contributed by atoms with Crippen LogP contribution in [0.15, 0.2) is 0 Å². The molecular formula is C7H9Na4O10P. The molecule has 0 saturated carbocycles. The Labute approximate surface area is 214 Å². The Hall–Kier alpha value is 2.52. The van der Waals surface area contributed by atoms with E-state index in [9.17, 15) is 29.7 Å². The number of carboxylic acids is 3. The molecule has 0 amide bonds. The van der Waals surface area contributed by atoms with Crippen molar-refractivity contribution in [1.82, 2.24) is 0 Å². The van der Waals surface area contributed by atoms with Crippen molar-refractivity contribution in [1.29, 1.82) is 0 Å². The van der Waals surface area contributed by atoms with Crippen molar-refractivity contribution in [2.75, 3.05) is 0 Å². The van der Waals surface area contributed by atoms with E-state index >= 15 is 0 Å². The summed E-state index contributed by atoms with van der Waals surface area (Å²) in [6, 6.07) is 0. The van der Waals surface area contributed by atoms with Crippen molar-refractivity contribution >= 4 is 25.7 Å². The van der Waals surface area contributed by atoms with E-state index < -0.39 is 44.5 Å². The molecule has 0 saturated heterocycles. The summed E-state index contributed by atoms with van der Waals surface area (Å²) in [4.78, 5) is 53.1. The molecule has 0 rings (SSSR count). The number of carbonyl (C=O) groups excluding carboxylic acids is 3. The number of aliphatic carboxylic acids is 3. The molecule has 0 aliphatic carbocycles. The van der Waals surface area contributed by atoms with Crippen molar-refractivity contribution in [3.8, 4) is 0 Å². The topological polar surface area (TPSA) is 201 Å². The Morgan fingerprint density at radius 1 is 0.909 bits per heavy atom. The quantitative estimate of drug-likeness (QED) is 0.331. The van der Waals surface area contributed by atoms with Crippen molar-refractivity contribution in [3.63, 3.8) is 0 Å². The van der Waals surface area contributed by atoms with Crippen LogP contribution in [0, 0.1) is 5.92 Å². The monoisotopic (exact) mass is 376 g/mol. The van der Waals surface area contributed by atoms with Gasteiger partial charge >= 0.3 is 118 Å². The number of carboxylic acid groups (broad SMARTS) is 3. The van der Waals surface area contributed by atoms with Gasteiger partial charge in [-0.1, -0.05) is 0 Å². The van der Waals surface area contributed by atoms with E-state index in [1.165, 1.54) is 0 Å². The fourth-order valence-electron chi connectivity index (χ4n) is 0.797. The molecule has 0 fully saturated rings. The molecule has 106 valence electrons. The van der Waals surface area contributed by atoms with Crippen LogP contribution in [0.3, 0.4) is 0 Å². The molecule has 0 aromatic rings. The minimum absolute atomic E-state index is 0. The summed E-state index contributed by atoms with van der Waals surface area (Å²) in [6.45, 7) is 0. The average Bonchev–Trinajstić information content (AvgIpc) is 2.07. The van der Waals surface area contributed by atoms with E-state index in [2.05, 4.69) is 0 Å². The minimum atomic E-state index is -4.89. The van der Waals surface area contributed by atoms with Crippen molar-refractivity contribution in [2.45, 2.75) is 19.3 Å². The van der Waals surface area contributed by atoms with Crippen LogP contribution in [0.1, 0.15) is 19.3 Å². The first-order valence-corrected chi connectivity index (χ1v) is 5.83. The molecule has 0 aromatic heterocycles. The van der Waals surface area contributed by atoms with Gasteiger partial charge in [-0.25, -0.2) is 0 Å². The van der Waals surface area contributed by atoms with Gasteiger partial charge in [0.05, 0.1) is 0 Å². The summed E-state index contributed by atoms with van der Waals surface area (Å²) in [5.74, 6) is -5.90. The van der Waals surface area contributed by atoms with Crippen LogP contribution in [0.4, 0.5) is 0 Å². The molecule has 2 N–H and O–H groups in total. The Morgan fingerprint density at radius 2 is 1.23 bits per heavy atom. The van der Waals surface area contributed by atoms with Gasteiger partial charge < -0.3 is 44.4 Å². The predicted octanol–water partition coefficient (Wildman–Crippen LogP) is -17.5. The van der Waals surface area contributed by atoms with E-state index in [0.29, 0.717) is 0 Å². The van der Waals surface area contributed by atoms with Crippen LogP contribution >= 0.6 is 7.82 Å². The Bertz CT molecular complexity index is 351. The maximum Gasteiger partial charge on any atom is 1.00 e. The van der Waals surface area contributed by atoms with E-state index in [1.54, 1.807) is 0 Å². The SMILES string of the molecule is O=C([O-])CCC(CC(=O)[O-])C(=O)[O-].O=P([O-])(O)O.[Na+].[Na+].[Na+].[Na+]. The van der Waals surface area contributed by atoms with Crippen LogP contribution in [-0.2, 0) is 18.9 Å². The smallest absolute Gasteiger partial charge is 0.756 e.